The van der Waals surface area contributed by atoms with E-state index in [0.29, 0.717) is 16.8 Å². The molecule has 0 N–H and O–H groups in total. The molecule has 0 radical (unpaired) electrons. The van der Waals surface area contributed by atoms with Crippen molar-refractivity contribution in [1.82, 2.24) is 0 Å². The normalized spacial score (nSPS) is 10.3. The first-order valence-corrected chi connectivity index (χ1v) is 6.08. The summed E-state index contributed by atoms with van der Waals surface area (Å²) >= 11 is 3.19. The molecule has 2 aromatic carbocycles. The third kappa shape index (κ3) is 3.07. The van der Waals surface area contributed by atoms with Crippen LogP contribution < -0.4 is 4.74 Å². The van der Waals surface area contributed by atoms with Gasteiger partial charge in [-0.3, -0.25) is 0 Å². The molecule has 3 heteroatoms. The third-order valence-corrected chi connectivity index (χ3v) is 3.15. The second-order valence-corrected chi connectivity index (χ2v) is 4.63. The molecule has 0 unspecified atom stereocenters. The molecule has 88 valence electrons. The van der Waals surface area contributed by atoms with E-state index in [1.165, 1.54) is 6.07 Å². The number of halogens is 2. The van der Waals surface area contributed by atoms with Gasteiger partial charge in [-0.1, -0.05) is 30.3 Å². The summed E-state index contributed by atoms with van der Waals surface area (Å²) in [7, 11) is 0. The summed E-state index contributed by atoms with van der Waals surface area (Å²) in [4.78, 5) is 0. The van der Waals surface area contributed by atoms with Crippen molar-refractivity contribution in [3.8, 4) is 5.75 Å². The lowest BCUT2D eigenvalue weighted by atomic mass is 10.2. The summed E-state index contributed by atoms with van der Waals surface area (Å²) < 4.78 is 19.4. The molecule has 0 aliphatic carbocycles. The van der Waals surface area contributed by atoms with Crippen molar-refractivity contribution < 1.29 is 9.13 Å². The van der Waals surface area contributed by atoms with Gasteiger partial charge in [-0.25, -0.2) is 4.39 Å². The number of aryl methyl sites for hydroxylation is 1. The molecule has 0 aliphatic heterocycles. The zero-order valence-electron chi connectivity index (χ0n) is 9.41. The fourth-order valence-corrected chi connectivity index (χ4v) is 1.88. The Morgan fingerprint density at radius 1 is 1.18 bits per heavy atom. The van der Waals surface area contributed by atoms with Crippen LogP contribution in [0.1, 0.15) is 11.1 Å². The zero-order chi connectivity index (χ0) is 12.3. The summed E-state index contributed by atoms with van der Waals surface area (Å²) in [5.41, 5.74) is 1.90. The Hall–Kier alpha value is -1.35. The molecule has 0 saturated carbocycles. The van der Waals surface area contributed by atoms with Gasteiger partial charge in [-0.15, -0.1) is 0 Å². The Kier molecular flexibility index (Phi) is 3.79. The minimum atomic E-state index is -0.298. The average molecular weight is 295 g/mol. The van der Waals surface area contributed by atoms with Crippen LogP contribution in [0, 0.1) is 12.7 Å². The summed E-state index contributed by atoms with van der Waals surface area (Å²) in [5.74, 6) is 0.236. The number of hydrogen-bond acceptors (Lipinski definition) is 1. The van der Waals surface area contributed by atoms with Crippen molar-refractivity contribution in [3.63, 3.8) is 0 Å². The lowest BCUT2D eigenvalue weighted by Gasteiger charge is -2.09. The summed E-state index contributed by atoms with van der Waals surface area (Å²) in [6, 6.07) is 13.1. The highest BCUT2D eigenvalue weighted by atomic mass is 79.9. The van der Waals surface area contributed by atoms with E-state index in [2.05, 4.69) is 15.9 Å². The van der Waals surface area contributed by atoms with Crippen LogP contribution in [0.2, 0.25) is 0 Å². The van der Waals surface area contributed by atoms with Gasteiger partial charge in [-0.05, 0) is 46.1 Å². The highest BCUT2D eigenvalue weighted by molar-refractivity contribution is 9.10. The fourth-order valence-electron chi connectivity index (χ4n) is 1.53. The lowest BCUT2D eigenvalue weighted by Crippen LogP contribution is -1.97. The van der Waals surface area contributed by atoms with Gasteiger partial charge in [0.15, 0.2) is 0 Å². The molecule has 0 spiro atoms. The summed E-state index contributed by atoms with van der Waals surface area (Å²) in [6.45, 7) is 2.27. The number of ether oxygens (including phenoxy) is 1. The van der Waals surface area contributed by atoms with E-state index in [0.717, 1.165) is 11.1 Å². The Labute approximate surface area is 108 Å². The van der Waals surface area contributed by atoms with Gasteiger partial charge in [0.05, 0.1) is 4.47 Å². The van der Waals surface area contributed by atoms with Crippen LogP contribution in [0.5, 0.6) is 5.75 Å². The monoisotopic (exact) mass is 294 g/mol. The molecule has 0 atom stereocenters. The summed E-state index contributed by atoms with van der Waals surface area (Å²) in [5, 5.41) is 0. The maximum absolute atomic E-state index is 13.4. The van der Waals surface area contributed by atoms with Crippen LogP contribution >= 0.6 is 15.9 Å². The molecule has 17 heavy (non-hydrogen) atoms. The molecule has 0 aliphatic rings. The van der Waals surface area contributed by atoms with Crippen LogP contribution in [0.25, 0.3) is 0 Å². The maximum Gasteiger partial charge on any atom is 0.141 e. The van der Waals surface area contributed by atoms with Crippen LogP contribution in [0.3, 0.4) is 0 Å². The molecule has 0 fully saturated rings. The largest absolute Gasteiger partial charge is 0.488 e. The van der Waals surface area contributed by atoms with Gasteiger partial charge >= 0.3 is 0 Å². The van der Waals surface area contributed by atoms with E-state index < -0.39 is 0 Å². The molecule has 0 aromatic heterocycles. The fraction of sp³-hybridized carbons (Fsp3) is 0.143. The Morgan fingerprint density at radius 2 is 1.88 bits per heavy atom. The van der Waals surface area contributed by atoms with Crippen LogP contribution in [-0.2, 0) is 6.61 Å². The smallest absolute Gasteiger partial charge is 0.141 e. The summed E-state index contributed by atoms with van der Waals surface area (Å²) in [6.07, 6.45) is 0. The molecular formula is C14H12BrFO. The Morgan fingerprint density at radius 3 is 2.59 bits per heavy atom. The highest BCUT2D eigenvalue weighted by Crippen LogP contribution is 2.29. The van der Waals surface area contributed by atoms with Gasteiger partial charge in [0, 0.05) is 0 Å². The first-order valence-electron chi connectivity index (χ1n) is 5.29. The van der Waals surface area contributed by atoms with Gasteiger partial charge in [-0.2, -0.15) is 0 Å². The van der Waals surface area contributed by atoms with Crippen LogP contribution in [0.4, 0.5) is 4.39 Å². The first kappa shape index (κ1) is 12.1. The maximum atomic E-state index is 13.4. The molecule has 2 rings (SSSR count). The minimum absolute atomic E-state index is 0.298. The Bertz CT molecular complexity index is 511. The van der Waals surface area contributed by atoms with Crippen molar-refractivity contribution in [1.29, 1.82) is 0 Å². The van der Waals surface area contributed by atoms with Crippen molar-refractivity contribution in [3.05, 3.63) is 63.9 Å². The van der Waals surface area contributed by atoms with E-state index >= 15 is 0 Å². The van der Waals surface area contributed by atoms with E-state index in [9.17, 15) is 4.39 Å². The van der Waals surface area contributed by atoms with Gasteiger partial charge < -0.3 is 4.74 Å². The van der Waals surface area contributed by atoms with Gasteiger partial charge in [0.1, 0.15) is 18.2 Å². The standard InChI is InChI=1S/C14H12BrFO/c1-10-7-12(16)14(15)13(8-10)17-9-11-5-3-2-4-6-11/h2-8H,9H2,1H3. The molecular weight excluding hydrogens is 283 g/mol. The van der Waals surface area contributed by atoms with Crippen molar-refractivity contribution >= 4 is 15.9 Å². The average Bonchev–Trinajstić information content (AvgIpc) is 2.33. The van der Waals surface area contributed by atoms with Crippen molar-refractivity contribution in [2.24, 2.45) is 0 Å². The third-order valence-electron chi connectivity index (χ3n) is 2.38. The number of rotatable bonds is 3. The van der Waals surface area contributed by atoms with Crippen LogP contribution in [0.15, 0.2) is 46.9 Å². The Balaban J connectivity index is 2.14. The number of hydrogen-bond donors (Lipinski definition) is 0. The minimum Gasteiger partial charge on any atom is -0.488 e. The predicted octanol–water partition coefficient (Wildman–Crippen LogP) is 4.48. The van der Waals surface area contributed by atoms with E-state index in [1.807, 2.05) is 43.3 Å². The van der Waals surface area contributed by atoms with Gasteiger partial charge in [0.2, 0.25) is 0 Å². The van der Waals surface area contributed by atoms with E-state index in [-0.39, 0.29) is 5.82 Å². The second kappa shape index (κ2) is 5.32. The van der Waals surface area contributed by atoms with Gasteiger partial charge in [0.25, 0.3) is 0 Å². The van der Waals surface area contributed by atoms with E-state index in [1.54, 1.807) is 0 Å². The second-order valence-electron chi connectivity index (χ2n) is 3.83. The zero-order valence-corrected chi connectivity index (χ0v) is 11.0. The predicted molar refractivity (Wildman–Crippen MR) is 69.6 cm³/mol. The molecule has 0 amide bonds. The SMILES string of the molecule is Cc1cc(F)c(Br)c(OCc2ccccc2)c1. The highest BCUT2D eigenvalue weighted by Gasteiger charge is 2.08. The molecule has 2 aromatic rings. The van der Waals surface area contributed by atoms with Crippen LogP contribution in [-0.4, -0.2) is 0 Å². The van der Waals surface area contributed by atoms with E-state index in [4.69, 9.17) is 4.74 Å². The molecule has 1 nitrogen and oxygen atoms in total. The first-order chi connectivity index (χ1) is 8.16. The molecule has 0 saturated heterocycles. The molecule has 0 heterocycles. The molecule has 0 bridgehead atoms. The lowest BCUT2D eigenvalue weighted by molar-refractivity contribution is 0.302. The topological polar surface area (TPSA) is 9.23 Å². The number of benzene rings is 2. The quantitative estimate of drug-likeness (QED) is 0.811. The van der Waals surface area contributed by atoms with Crippen molar-refractivity contribution in [2.45, 2.75) is 13.5 Å². The van der Waals surface area contributed by atoms with Crippen molar-refractivity contribution in [2.75, 3.05) is 0 Å².